The first kappa shape index (κ1) is 18.2. The van der Waals surface area contributed by atoms with Crippen LogP contribution in [-0.2, 0) is 16.1 Å². The van der Waals surface area contributed by atoms with Crippen LogP contribution in [0.4, 0.5) is 0 Å². The van der Waals surface area contributed by atoms with E-state index in [0.717, 1.165) is 5.56 Å². The van der Waals surface area contributed by atoms with Crippen LogP contribution in [0.3, 0.4) is 0 Å². The standard InChI is InChI=1S/C19H19ClO6/c1-12-3-4-15(16(7-12)22-2)25-11-18(21)26-10-13-8-14(20)19-17(9-13)23-5-6-24-19/h3-4,7-9H,5-6,10-11H2,1-2H3. The number of hydrogen-bond acceptors (Lipinski definition) is 6. The van der Waals surface area contributed by atoms with Crippen molar-refractivity contribution in [1.82, 2.24) is 0 Å². The monoisotopic (exact) mass is 378 g/mol. The van der Waals surface area contributed by atoms with E-state index >= 15 is 0 Å². The van der Waals surface area contributed by atoms with Gasteiger partial charge in [0.1, 0.15) is 19.8 Å². The largest absolute Gasteiger partial charge is 0.493 e. The van der Waals surface area contributed by atoms with Crippen LogP contribution in [0.2, 0.25) is 5.02 Å². The molecule has 2 aromatic carbocycles. The van der Waals surface area contributed by atoms with Crippen molar-refractivity contribution in [1.29, 1.82) is 0 Å². The van der Waals surface area contributed by atoms with Gasteiger partial charge >= 0.3 is 5.97 Å². The van der Waals surface area contributed by atoms with Crippen molar-refractivity contribution < 1.29 is 28.5 Å². The summed E-state index contributed by atoms with van der Waals surface area (Å²) in [6.07, 6.45) is 0. The maximum absolute atomic E-state index is 12.0. The number of esters is 1. The molecule has 1 aliphatic heterocycles. The minimum absolute atomic E-state index is 0.0591. The quantitative estimate of drug-likeness (QED) is 0.716. The van der Waals surface area contributed by atoms with Gasteiger partial charge in [-0.25, -0.2) is 4.79 Å². The molecule has 3 rings (SSSR count). The van der Waals surface area contributed by atoms with Gasteiger partial charge in [0.25, 0.3) is 0 Å². The van der Waals surface area contributed by atoms with E-state index in [1.54, 1.807) is 25.3 Å². The number of carbonyl (C=O) groups excluding carboxylic acids is 1. The molecule has 0 N–H and O–H groups in total. The highest BCUT2D eigenvalue weighted by Crippen LogP contribution is 2.38. The van der Waals surface area contributed by atoms with Gasteiger partial charge in [-0.2, -0.15) is 0 Å². The summed E-state index contributed by atoms with van der Waals surface area (Å²) in [5.41, 5.74) is 1.74. The Balaban J connectivity index is 1.55. The third kappa shape index (κ3) is 4.32. The molecule has 2 aromatic rings. The molecule has 0 aliphatic carbocycles. The molecular weight excluding hydrogens is 360 g/mol. The topological polar surface area (TPSA) is 63.2 Å². The van der Waals surface area contributed by atoms with E-state index in [0.29, 0.717) is 46.8 Å². The van der Waals surface area contributed by atoms with Gasteiger partial charge in [-0.3, -0.25) is 0 Å². The lowest BCUT2D eigenvalue weighted by atomic mass is 10.2. The SMILES string of the molecule is COc1cc(C)ccc1OCC(=O)OCc1cc(Cl)c2c(c1)OCCO2. The molecule has 1 heterocycles. The van der Waals surface area contributed by atoms with Crippen LogP contribution >= 0.6 is 11.6 Å². The lowest BCUT2D eigenvalue weighted by molar-refractivity contribution is -0.147. The van der Waals surface area contributed by atoms with E-state index < -0.39 is 5.97 Å². The third-order valence-corrected chi connectivity index (χ3v) is 4.00. The molecule has 0 spiro atoms. The van der Waals surface area contributed by atoms with Crippen LogP contribution in [0.5, 0.6) is 23.0 Å². The molecule has 0 aromatic heterocycles. The van der Waals surface area contributed by atoms with E-state index in [-0.39, 0.29) is 13.2 Å². The minimum Gasteiger partial charge on any atom is -0.493 e. The molecule has 0 atom stereocenters. The second-order valence-electron chi connectivity index (χ2n) is 5.71. The molecule has 0 radical (unpaired) electrons. The van der Waals surface area contributed by atoms with Crippen LogP contribution in [0, 0.1) is 6.92 Å². The smallest absolute Gasteiger partial charge is 0.344 e. The predicted molar refractivity (Wildman–Crippen MR) is 95.5 cm³/mol. The Morgan fingerprint density at radius 3 is 2.77 bits per heavy atom. The fourth-order valence-corrected chi connectivity index (χ4v) is 2.77. The fraction of sp³-hybridized carbons (Fsp3) is 0.316. The summed E-state index contributed by atoms with van der Waals surface area (Å²) >= 11 is 6.17. The van der Waals surface area contributed by atoms with E-state index in [1.807, 2.05) is 19.1 Å². The second kappa shape index (κ2) is 8.19. The number of carbonyl (C=O) groups is 1. The van der Waals surface area contributed by atoms with E-state index in [1.165, 1.54) is 0 Å². The van der Waals surface area contributed by atoms with Crippen LogP contribution in [0.1, 0.15) is 11.1 Å². The predicted octanol–water partition coefficient (Wildman–Crippen LogP) is 3.55. The van der Waals surface area contributed by atoms with Gasteiger partial charge < -0.3 is 23.7 Å². The van der Waals surface area contributed by atoms with Crippen molar-refractivity contribution in [2.75, 3.05) is 26.9 Å². The summed E-state index contributed by atoms with van der Waals surface area (Å²) in [5, 5.41) is 0.425. The van der Waals surface area contributed by atoms with Crippen LogP contribution in [-0.4, -0.2) is 32.9 Å². The maximum atomic E-state index is 12.0. The molecule has 0 bridgehead atoms. The Hall–Kier alpha value is -2.60. The number of fused-ring (bicyclic) bond motifs is 1. The molecule has 0 amide bonds. The number of benzene rings is 2. The zero-order valence-corrected chi connectivity index (χ0v) is 15.3. The van der Waals surface area contributed by atoms with E-state index in [4.69, 9.17) is 35.3 Å². The lowest BCUT2D eigenvalue weighted by Gasteiger charge is -2.20. The Morgan fingerprint density at radius 2 is 1.96 bits per heavy atom. The average molecular weight is 379 g/mol. The normalized spacial score (nSPS) is 12.4. The van der Waals surface area contributed by atoms with Crippen molar-refractivity contribution in [2.24, 2.45) is 0 Å². The molecule has 138 valence electrons. The van der Waals surface area contributed by atoms with Gasteiger partial charge in [-0.05, 0) is 42.3 Å². The first-order chi connectivity index (χ1) is 12.6. The summed E-state index contributed by atoms with van der Waals surface area (Å²) in [6, 6.07) is 8.89. The zero-order valence-electron chi connectivity index (χ0n) is 14.5. The first-order valence-electron chi connectivity index (χ1n) is 8.08. The molecule has 0 saturated carbocycles. The number of aryl methyl sites for hydroxylation is 1. The van der Waals surface area contributed by atoms with Crippen LogP contribution in [0.15, 0.2) is 30.3 Å². The Bertz CT molecular complexity index is 805. The van der Waals surface area contributed by atoms with Crippen molar-refractivity contribution in [3.05, 3.63) is 46.5 Å². The van der Waals surface area contributed by atoms with Gasteiger partial charge in [0.2, 0.25) is 0 Å². The summed E-state index contributed by atoms with van der Waals surface area (Å²) in [5.74, 6) is 1.62. The molecule has 1 aliphatic rings. The summed E-state index contributed by atoms with van der Waals surface area (Å²) < 4.78 is 26.9. The number of rotatable bonds is 6. The highest BCUT2D eigenvalue weighted by Gasteiger charge is 2.17. The molecule has 0 saturated heterocycles. The Morgan fingerprint density at radius 1 is 1.15 bits per heavy atom. The van der Waals surface area contributed by atoms with Gasteiger partial charge in [0.15, 0.2) is 29.6 Å². The van der Waals surface area contributed by atoms with E-state index in [9.17, 15) is 4.79 Å². The van der Waals surface area contributed by atoms with Gasteiger partial charge in [-0.15, -0.1) is 0 Å². The van der Waals surface area contributed by atoms with Crippen molar-refractivity contribution >= 4 is 17.6 Å². The lowest BCUT2D eigenvalue weighted by Crippen LogP contribution is -2.17. The summed E-state index contributed by atoms with van der Waals surface area (Å²) in [7, 11) is 1.55. The van der Waals surface area contributed by atoms with Gasteiger partial charge in [0.05, 0.1) is 12.1 Å². The fourth-order valence-electron chi connectivity index (χ4n) is 2.48. The third-order valence-electron chi connectivity index (χ3n) is 3.72. The average Bonchev–Trinajstić information content (AvgIpc) is 2.65. The molecule has 7 heteroatoms. The Kier molecular flexibility index (Phi) is 5.73. The molecular formula is C19H19ClO6. The minimum atomic E-state index is -0.501. The highest BCUT2D eigenvalue weighted by molar-refractivity contribution is 6.32. The highest BCUT2D eigenvalue weighted by atomic mass is 35.5. The number of ether oxygens (including phenoxy) is 5. The number of halogens is 1. The van der Waals surface area contributed by atoms with E-state index in [2.05, 4.69) is 0 Å². The van der Waals surface area contributed by atoms with Gasteiger partial charge in [-0.1, -0.05) is 17.7 Å². The zero-order chi connectivity index (χ0) is 18.5. The molecule has 0 unspecified atom stereocenters. The first-order valence-corrected chi connectivity index (χ1v) is 8.45. The molecule has 26 heavy (non-hydrogen) atoms. The van der Waals surface area contributed by atoms with Crippen LogP contribution < -0.4 is 18.9 Å². The van der Waals surface area contributed by atoms with Crippen molar-refractivity contribution in [2.45, 2.75) is 13.5 Å². The second-order valence-corrected chi connectivity index (χ2v) is 6.11. The number of methoxy groups -OCH3 is 1. The van der Waals surface area contributed by atoms with Crippen molar-refractivity contribution in [3.8, 4) is 23.0 Å². The molecule has 0 fully saturated rings. The number of hydrogen-bond donors (Lipinski definition) is 0. The molecule has 6 nitrogen and oxygen atoms in total. The summed E-state index contributed by atoms with van der Waals surface area (Å²) in [4.78, 5) is 12.0. The maximum Gasteiger partial charge on any atom is 0.344 e. The van der Waals surface area contributed by atoms with Crippen LogP contribution in [0.25, 0.3) is 0 Å². The Labute approximate surface area is 156 Å². The van der Waals surface area contributed by atoms with Crippen molar-refractivity contribution in [3.63, 3.8) is 0 Å². The van der Waals surface area contributed by atoms with Gasteiger partial charge in [0, 0.05) is 0 Å². The summed E-state index contributed by atoms with van der Waals surface area (Å²) in [6.45, 7) is 2.69.